The zero-order chi connectivity index (χ0) is 23.0. The van der Waals surface area contributed by atoms with Gasteiger partial charge in [-0.3, -0.25) is 4.79 Å². The van der Waals surface area contributed by atoms with Crippen LogP contribution in [0, 0.1) is 0 Å². The minimum absolute atomic E-state index is 0.0601. The van der Waals surface area contributed by atoms with E-state index in [1.165, 1.54) is 47.8 Å². The summed E-state index contributed by atoms with van der Waals surface area (Å²) in [6.07, 6.45) is 0. The molecule has 1 N–H and O–H groups in total. The number of hydrogen-bond donors (Lipinski definition) is 1. The third-order valence-corrected chi connectivity index (χ3v) is 6.44. The smallest absolute Gasteiger partial charge is 0.339 e. The summed E-state index contributed by atoms with van der Waals surface area (Å²) in [7, 11) is -2.41. The van der Waals surface area contributed by atoms with Crippen LogP contribution in [-0.2, 0) is 24.3 Å². The molecule has 31 heavy (non-hydrogen) atoms. The standard InChI is InChI=1S/C21H24N2O7S/c1-4-23(5-2)31(27,28)16-12-10-15(11-13-16)20(25)30-14-19(24)22-18-9-7-6-8-17(18)21(26)29-3/h6-13H,4-5,14H2,1-3H3,(H,22,24). The van der Waals surface area contributed by atoms with Crippen LogP contribution in [0.4, 0.5) is 5.69 Å². The fourth-order valence-corrected chi connectivity index (χ4v) is 4.21. The molecule has 2 rings (SSSR count). The second-order valence-corrected chi connectivity index (χ2v) is 8.21. The molecule has 0 bridgehead atoms. The van der Waals surface area contributed by atoms with Crippen molar-refractivity contribution in [2.24, 2.45) is 0 Å². The summed E-state index contributed by atoms with van der Waals surface area (Å²) in [5.74, 6) is -2.05. The number of methoxy groups -OCH3 is 1. The van der Waals surface area contributed by atoms with Gasteiger partial charge in [-0.2, -0.15) is 4.31 Å². The van der Waals surface area contributed by atoms with Crippen molar-refractivity contribution in [2.45, 2.75) is 18.7 Å². The van der Waals surface area contributed by atoms with Gasteiger partial charge in [-0.05, 0) is 36.4 Å². The van der Waals surface area contributed by atoms with E-state index in [0.29, 0.717) is 13.1 Å². The fourth-order valence-electron chi connectivity index (χ4n) is 2.76. The Morgan fingerprint density at radius 3 is 2.13 bits per heavy atom. The molecule has 0 spiro atoms. The molecule has 10 heteroatoms. The number of nitrogens with zero attached hydrogens (tertiary/aromatic N) is 1. The summed E-state index contributed by atoms with van der Waals surface area (Å²) in [4.78, 5) is 36.1. The Labute approximate surface area is 181 Å². The van der Waals surface area contributed by atoms with Gasteiger partial charge in [0, 0.05) is 13.1 Å². The largest absolute Gasteiger partial charge is 0.465 e. The molecule has 0 aliphatic heterocycles. The van der Waals surface area contributed by atoms with Crippen LogP contribution in [0.3, 0.4) is 0 Å². The average molecular weight is 448 g/mol. The summed E-state index contributed by atoms with van der Waals surface area (Å²) in [5, 5.41) is 2.49. The molecule has 2 aromatic carbocycles. The first kappa shape index (κ1) is 24.0. The normalized spacial score (nSPS) is 11.1. The quantitative estimate of drug-likeness (QED) is 0.585. The molecule has 166 valence electrons. The molecule has 0 saturated heterocycles. The van der Waals surface area contributed by atoms with E-state index in [4.69, 9.17) is 4.74 Å². The average Bonchev–Trinajstić information content (AvgIpc) is 2.78. The van der Waals surface area contributed by atoms with Crippen LogP contribution in [0.15, 0.2) is 53.4 Å². The van der Waals surface area contributed by atoms with Gasteiger partial charge in [-0.1, -0.05) is 26.0 Å². The highest BCUT2D eigenvalue weighted by Gasteiger charge is 2.22. The predicted octanol–water partition coefficient (Wildman–Crippen LogP) is 2.30. The van der Waals surface area contributed by atoms with Gasteiger partial charge in [0.15, 0.2) is 6.61 Å². The molecule has 0 aromatic heterocycles. The second kappa shape index (κ2) is 10.7. The number of nitrogens with one attached hydrogen (secondary N) is 1. The number of hydrogen-bond acceptors (Lipinski definition) is 7. The van der Waals surface area contributed by atoms with Crippen molar-refractivity contribution in [3.05, 3.63) is 59.7 Å². The highest BCUT2D eigenvalue weighted by atomic mass is 32.2. The van der Waals surface area contributed by atoms with Crippen molar-refractivity contribution >= 4 is 33.6 Å². The fraction of sp³-hybridized carbons (Fsp3) is 0.286. The van der Waals surface area contributed by atoms with Gasteiger partial charge in [0.2, 0.25) is 10.0 Å². The molecule has 0 heterocycles. The summed E-state index contributed by atoms with van der Waals surface area (Å²) >= 11 is 0. The van der Waals surface area contributed by atoms with E-state index >= 15 is 0 Å². The molecule has 0 radical (unpaired) electrons. The molecule has 2 aromatic rings. The van der Waals surface area contributed by atoms with Gasteiger partial charge in [0.05, 0.1) is 28.8 Å². The number of benzene rings is 2. The first-order valence-corrected chi connectivity index (χ1v) is 10.9. The summed E-state index contributed by atoms with van der Waals surface area (Å²) in [6.45, 7) is 3.55. The molecule has 1 amide bonds. The Morgan fingerprint density at radius 1 is 0.935 bits per heavy atom. The lowest BCUT2D eigenvalue weighted by atomic mass is 10.2. The molecular weight excluding hydrogens is 424 g/mol. The van der Waals surface area contributed by atoms with Crippen LogP contribution in [0.5, 0.6) is 0 Å². The number of ether oxygens (including phenoxy) is 2. The maximum atomic E-state index is 12.5. The van der Waals surface area contributed by atoms with Crippen molar-refractivity contribution in [1.29, 1.82) is 0 Å². The lowest BCUT2D eigenvalue weighted by molar-refractivity contribution is -0.119. The van der Waals surface area contributed by atoms with E-state index in [2.05, 4.69) is 10.1 Å². The Balaban J connectivity index is 2.01. The lowest BCUT2D eigenvalue weighted by Crippen LogP contribution is -2.30. The highest BCUT2D eigenvalue weighted by Crippen LogP contribution is 2.17. The molecular formula is C21H24N2O7S. The summed E-state index contributed by atoms with van der Waals surface area (Å²) in [5.41, 5.74) is 0.484. The predicted molar refractivity (Wildman–Crippen MR) is 113 cm³/mol. The monoisotopic (exact) mass is 448 g/mol. The van der Waals surface area contributed by atoms with Crippen LogP contribution in [0.1, 0.15) is 34.6 Å². The minimum atomic E-state index is -3.64. The van der Waals surface area contributed by atoms with Crippen molar-refractivity contribution < 1.29 is 32.3 Å². The van der Waals surface area contributed by atoms with Crippen LogP contribution >= 0.6 is 0 Å². The van der Waals surface area contributed by atoms with Crippen molar-refractivity contribution in [3.8, 4) is 0 Å². The van der Waals surface area contributed by atoms with Crippen LogP contribution < -0.4 is 5.32 Å². The second-order valence-electron chi connectivity index (χ2n) is 6.28. The molecule has 0 saturated carbocycles. The number of rotatable bonds is 9. The van der Waals surface area contributed by atoms with E-state index in [0.717, 1.165) is 0 Å². The summed E-state index contributed by atoms with van der Waals surface area (Å²) in [6, 6.07) is 11.5. The highest BCUT2D eigenvalue weighted by molar-refractivity contribution is 7.89. The number of sulfonamides is 1. The third kappa shape index (κ3) is 5.89. The van der Waals surface area contributed by atoms with Crippen molar-refractivity contribution in [2.75, 3.05) is 32.1 Å². The van der Waals surface area contributed by atoms with Gasteiger partial charge >= 0.3 is 11.9 Å². The van der Waals surface area contributed by atoms with Crippen molar-refractivity contribution in [3.63, 3.8) is 0 Å². The number of esters is 2. The summed E-state index contributed by atoms with van der Waals surface area (Å²) < 4.78 is 35.9. The number of amides is 1. The van der Waals surface area contributed by atoms with Gasteiger partial charge in [-0.15, -0.1) is 0 Å². The van der Waals surface area contributed by atoms with Crippen molar-refractivity contribution in [1.82, 2.24) is 4.31 Å². The van der Waals surface area contributed by atoms with E-state index in [-0.39, 0.29) is 21.7 Å². The third-order valence-electron chi connectivity index (χ3n) is 4.37. The maximum absolute atomic E-state index is 12.5. The Hall–Kier alpha value is -3.24. The number of carbonyl (C=O) groups excluding carboxylic acids is 3. The number of para-hydroxylation sites is 1. The van der Waals surface area contributed by atoms with Gasteiger partial charge in [0.1, 0.15) is 0 Å². The van der Waals surface area contributed by atoms with E-state index in [1.54, 1.807) is 26.0 Å². The van der Waals surface area contributed by atoms with Gasteiger partial charge in [0.25, 0.3) is 5.91 Å². The zero-order valence-corrected chi connectivity index (χ0v) is 18.3. The van der Waals surface area contributed by atoms with E-state index in [9.17, 15) is 22.8 Å². The Kier molecular flexibility index (Phi) is 8.29. The first-order valence-electron chi connectivity index (χ1n) is 9.49. The van der Waals surface area contributed by atoms with Crippen LogP contribution in [0.2, 0.25) is 0 Å². The minimum Gasteiger partial charge on any atom is -0.465 e. The Bertz CT molecular complexity index is 1050. The number of anilines is 1. The lowest BCUT2D eigenvalue weighted by Gasteiger charge is -2.18. The molecule has 0 unspecified atom stereocenters. The first-order chi connectivity index (χ1) is 14.7. The molecule has 0 atom stereocenters. The topological polar surface area (TPSA) is 119 Å². The molecule has 0 aliphatic rings. The SMILES string of the molecule is CCN(CC)S(=O)(=O)c1ccc(C(=O)OCC(=O)Nc2ccccc2C(=O)OC)cc1. The number of carbonyl (C=O) groups is 3. The van der Waals surface area contributed by atoms with E-state index < -0.39 is 34.5 Å². The molecule has 0 fully saturated rings. The zero-order valence-electron chi connectivity index (χ0n) is 17.5. The van der Waals surface area contributed by atoms with Crippen LogP contribution in [0.25, 0.3) is 0 Å². The van der Waals surface area contributed by atoms with Gasteiger partial charge in [-0.25, -0.2) is 18.0 Å². The van der Waals surface area contributed by atoms with E-state index in [1.807, 2.05) is 0 Å². The Morgan fingerprint density at radius 2 is 1.55 bits per heavy atom. The molecule has 0 aliphatic carbocycles. The van der Waals surface area contributed by atoms with Gasteiger partial charge < -0.3 is 14.8 Å². The maximum Gasteiger partial charge on any atom is 0.339 e. The van der Waals surface area contributed by atoms with Crippen LogP contribution in [-0.4, -0.2) is 57.4 Å². The molecule has 9 nitrogen and oxygen atoms in total.